The van der Waals surface area contributed by atoms with Gasteiger partial charge in [0.2, 0.25) is 0 Å². The maximum atomic E-state index is 12.1. The average Bonchev–Trinajstić information content (AvgIpc) is 2.43. The minimum absolute atomic E-state index is 0.140. The number of nitrogens with zero attached hydrogens (tertiary/aromatic N) is 3. The van der Waals surface area contributed by atoms with Gasteiger partial charge in [-0.3, -0.25) is 4.79 Å². The van der Waals surface area contributed by atoms with Crippen molar-refractivity contribution in [1.29, 1.82) is 5.26 Å². The van der Waals surface area contributed by atoms with Gasteiger partial charge in [-0.15, -0.1) is 0 Å². The number of hydrogen-bond donors (Lipinski definition) is 2. The van der Waals surface area contributed by atoms with Gasteiger partial charge in [0.05, 0.1) is 12.5 Å². The highest BCUT2D eigenvalue weighted by molar-refractivity contribution is 5.94. The molecule has 18 heavy (non-hydrogen) atoms. The van der Waals surface area contributed by atoms with Crippen LogP contribution in [0.1, 0.15) is 29.4 Å². The second-order valence-electron chi connectivity index (χ2n) is 3.87. The number of anilines is 1. The van der Waals surface area contributed by atoms with Crippen molar-refractivity contribution in [1.82, 2.24) is 9.88 Å². The number of nitriles is 1. The van der Waals surface area contributed by atoms with E-state index in [4.69, 9.17) is 11.1 Å². The second kappa shape index (κ2) is 6.57. The lowest BCUT2D eigenvalue weighted by atomic mass is 10.1. The number of rotatable bonds is 5. The summed E-state index contributed by atoms with van der Waals surface area (Å²) in [6.07, 6.45) is 1.04. The summed E-state index contributed by atoms with van der Waals surface area (Å²) in [7, 11) is 1.67. The van der Waals surface area contributed by atoms with Gasteiger partial charge in [0.15, 0.2) is 0 Å². The molecule has 6 nitrogen and oxygen atoms in total. The van der Waals surface area contributed by atoms with E-state index in [2.05, 4.69) is 10.4 Å². The van der Waals surface area contributed by atoms with Crippen molar-refractivity contribution in [2.75, 3.05) is 19.0 Å². The van der Waals surface area contributed by atoms with Gasteiger partial charge in [-0.2, -0.15) is 5.26 Å². The van der Waals surface area contributed by atoms with Crippen LogP contribution in [0.4, 0.5) is 5.82 Å². The molecule has 0 aromatic carbocycles. The van der Waals surface area contributed by atoms with Gasteiger partial charge in [0.25, 0.3) is 5.91 Å². The Kier molecular flexibility index (Phi) is 5.08. The third kappa shape index (κ3) is 3.43. The van der Waals surface area contributed by atoms with E-state index < -0.39 is 0 Å². The number of hydrazine groups is 1. The molecule has 3 N–H and O–H groups in total. The van der Waals surface area contributed by atoms with Crippen LogP contribution in [0.15, 0.2) is 12.1 Å². The molecule has 0 radical (unpaired) electrons. The maximum Gasteiger partial charge on any atom is 0.253 e. The van der Waals surface area contributed by atoms with Crippen LogP contribution < -0.4 is 11.3 Å². The van der Waals surface area contributed by atoms with Gasteiger partial charge in [-0.05, 0) is 18.6 Å². The number of nitrogen functional groups attached to an aromatic ring is 1. The van der Waals surface area contributed by atoms with Crippen molar-refractivity contribution < 1.29 is 4.79 Å². The van der Waals surface area contributed by atoms with Crippen molar-refractivity contribution in [3.8, 4) is 6.07 Å². The average molecular weight is 247 g/mol. The number of aryl methyl sites for hydroxylation is 1. The molecule has 0 saturated carbocycles. The zero-order valence-electron chi connectivity index (χ0n) is 10.6. The van der Waals surface area contributed by atoms with E-state index in [-0.39, 0.29) is 5.91 Å². The van der Waals surface area contributed by atoms with Crippen molar-refractivity contribution in [3.63, 3.8) is 0 Å². The molecule has 0 spiro atoms. The van der Waals surface area contributed by atoms with E-state index >= 15 is 0 Å². The summed E-state index contributed by atoms with van der Waals surface area (Å²) in [5.74, 6) is 5.64. The van der Waals surface area contributed by atoms with E-state index in [1.807, 2.05) is 13.0 Å². The predicted octanol–water partition coefficient (Wildman–Crippen LogP) is 0.915. The Morgan fingerprint density at radius 2 is 2.33 bits per heavy atom. The van der Waals surface area contributed by atoms with Crippen LogP contribution in [0.2, 0.25) is 0 Å². The van der Waals surface area contributed by atoms with Crippen LogP contribution in [-0.2, 0) is 6.42 Å². The molecular formula is C12H17N5O. The van der Waals surface area contributed by atoms with Crippen LogP contribution in [-0.4, -0.2) is 29.4 Å². The molecule has 1 heterocycles. The summed E-state index contributed by atoms with van der Waals surface area (Å²) in [6.45, 7) is 2.36. The Balaban J connectivity index is 2.94. The fourth-order valence-corrected chi connectivity index (χ4v) is 1.51. The summed E-state index contributed by atoms with van der Waals surface area (Å²) >= 11 is 0. The number of pyridine rings is 1. The molecule has 1 aromatic rings. The molecule has 96 valence electrons. The smallest absolute Gasteiger partial charge is 0.253 e. The number of hydrogen-bond acceptors (Lipinski definition) is 5. The van der Waals surface area contributed by atoms with Crippen LogP contribution in [0, 0.1) is 11.3 Å². The highest BCUT2D eigenvalue weighted by Gasteiger charge is 2.13. The molecule has 0 atom stereocenters. The molecule has 0 bridgehead atoms. The molecule has 0 unspecified atom stereocenters. The Bertz CT molecular complexity index is 444. The van der Waals surface area contributed by atoms with E-state index in [0.29, 0.717) is 24.3 Å². The van der Waals surface area contributed by atoms with E-state index in [9.17, 15) is 4.79 Å². The zero-order valence-corrected chi connectivity index (χ0v) is 10.6. The van der Waals surface area contributed by atoms with E-state index in [1.54, 1.807) is 19.2 Å². The minimum atomic E-state index is -0.140. The number of carbonyl (C=O) groups is 1. The molecule has 6 heteroatoms. The Morgan fingerprint density at radius 1 is 1.61 bits per heavy atom. The second-order valence-corrected chi connectivity index (χ2v) is 3.87. The van der Waals surface area contributed by atoms with E-state index in [0.717, 1.165) is 12.1 Å². The molecule has 0 aliphatic carbocycles. The van der Waals surface area contributed by atoms with Gasteiger partial charge < -0.3 is 10.3 Å². The fraction of sp³-hybridized carbons (Fsp3) is 0.417. The monoisotopic (exact) mass is 247 g/mol. The molecule has 1 rings (SSSR count). The first-order chi connectivity index (χ1) is 8.62. The number of carbonyl (C=O) groups excluding carboxylic acids is 1. The SMILES string of the molecule is CCc1cc(C(=O)N(C)CCC#N)cc(NN)n1. The summed E-state index contributed by atoms with van der Waals surface area (Å²) in [5, 5.41) is 8.51. The lowest BCUT2D eigenvalue weighted by Crippen LogP contribution is -2.28. The third-order valence-corrected chi connectivity index (χ3v) is 2.54. The highest BCUT2D eigenvalue weighted by atomic mass is 16.2. The molecule has 1 amide bonds. The van der Waals surface area contributed by atoms with Crippen LogP contribution in [0.25, 0.3) is 0 Å². The molecular weight excluding hydrogens is 230 g/mol. The van der Waals surface area contributed by atoms with Gasteiger partial charge >= 0.3 is 0 Å². The molecule has 0 saturated heterocycles. The fourth-order valence-electron chi connectivity index (χ4n) is 1.51. The molecule has 1 aromatic heterocycles. The standard InChI is InChI=1S/C12H17N5O/c1-3-10-7-9(8-11(15-10)16-14)12(18)17(2)6-4-5-13/h7-8H,3-4,6,14H2,1-2H3,(H,15,16). The highest BCUT2D eigenvalue weighted by Crippen LogP contribution is 2.12. The largest absolute Gasteiger partial charge is 0.341 e. The Morgan fingerprint density at radius 3 is 2.89 bits per heavy atom. The first-order valence-corrected chi connectivity index (χ1v) is 5.72. The lowest BCUT2D eigenvalue weighted by Gasteiger charge is -2.16. The minimum Gasteiger partial charge on any atom is -0.341 e. The van der Waals surface area contributed by atoms with Crippen LogP contribution in [0.3, 0.4) is 0 Å². The number of nitrogens with two attached hydrogens (primary N) is 1. The third-order valence-electron chi connectivity index (χ3n) is 2.54. The molecule has 0 aliphatic rings. The quantitative estimate of drug-likeness (QED) is 0.595. The Labute approximate surface area is 106 Å². The summed E-state index contributed by atoms with van der Waals surface area (Å²) in [4.78, 5) is 17.8. The summed E-state index contributed by atoms with van der Waals surface area (Å²) in [5.41, 5.74) is 3.76. The van der Waals surface area contributed by atoms with Crippen molar-refractivity contribution in [3.05, 3.63) is 23.4 Å². The van der Waals surface area contributed by atoms with E-state index in [1.165, 1.54) is 4.90 Å². The van der Waals surface area contributed by atoms with Gasteiger partial charge in [0.1, 0.15) is 5.82 Å². The van der Waals surface area contributed by atoms with Crippen LogP contribution in [0.5, 0.6) is 0 Å². The summed E-state index contributed by atoms with van der Waals surface area (Å²) in [6, 6.07) is 5.36. The van der Waals surface area contributed by atoms with Gasteiger partial charge in [-0.1, -0.05) is 6.92 Å². The van der Waals surface area contributed by atoms with Crippen molar-refractivity contribution in [2.24, 2.45) is 5.84 Å². The zero-order chi connectivity index (χ0) is 13.5. The van der Waals surface area contributed by atoms with Gasteiger partial charge in [0, 0.05) is 24.8 Å². The van der Waals surface area contributed by atoms with Crippen molar-refractivity contribution >= 4 is 11.7 Å². The molecule has 0 aliphatic heterocycles. The topological polar surface area (TPSA) is 95.0 Å². The summed E-state index contributed by atoms with van der Waals surface area (Å²) < 4.78 is 0. The first kappa shape index (κ1) is 13.9. The first-order valence-electron chi connectivity index (χ1n) is 5.72. The number of nitrogens with one attached hydrogen (secondary N) is 1. The number of aromatic nitrogens is 1. The van der Waals surface area contributed by atoms with Crippen molar-refractivity contribution in [2.45, 2.75) is 19.8 Å². The maximum absolute atomic E-state index is 12.1. The normalized spacial score (nSPS) is 9.67. The number of amides is 1. The lowest BCUT2D eigenvalue weighted by molar-refractivity contribution is 0.0798. The van der Waals surface area contributed by atoms with Gasteiger partial charge in [-0.25, -0.2) is 10.8 Å². The molecule has 0 fully saturated rings. The Hall–Kier alpha value is -2.13. The van der Waals surface area contributed by atoms with Crippen LogP contribution >= 0.6 is 0 Å². The predicted molar refractivity (Wildman–Crippen MR) is 68.6 cm³/mol.